The third-order valence-corrected chi connectivity index (χ3v) is 4.37. The molecule has 3 rings (SSSR count). The van der Waals surface area contributed by atoms with Crippen LogP contribution < -0.4 is 4.74 Å². The largest absolute Gasteiger partial charge is 0.492 e. The standard InChI is InChI=1S/C20H28N4O3/c1-20(2,3)27-19(25)24-12-10-23(11-13-24)14-15-26-18-7-5-4-6-16(18)17-8-9-21-22-17/h4-9H,10-15H2,1-3H3,(H,21,22). The Morgan fingerprint density at radius 3 is 2.56 bits per heavy atom. The van der Waals surface area contributed by atoms with Crippen molar-refractivity contribution in [1.82, 2.24) is 20.0 Å². The van der Waals surface area contributed by atoms with Crippen molar-refractivity contribution in [3.63, 3.8) is 0 Å². The van der Waals surface area contributed by atoms with Crippen LogP contribution in [-0.2, 0) is 4.74 Å². The number of aromatic nitrogens is 2. The Labute approximate surface area is 160 Å². The fourth-order valence-electron chi connectivity index (χ4n) is 2.99. The summed E-state index contributed by atoms with van der Waals surface area (Å²) in [5.41, 5.74) is 1.49. The Morgan fingerprint density at radius 1 is 1.15 bits per heavy atom. The molecule has 1 N–H and O–H groups in total. The summed E-state index contributed by atoms with van der Waals surface area (Å²) in [6.07, 6.45) is 1.50. The summed E-state index contributed by atoms with van der Waals surface area (Å²) in [6.45, 7) is 10.1. The number of piperazine rings is 1. The minimum Gasteiger partial charge on any atom is -0.492 e. The highest BCUT2D eigenvalue weighted by molar-refractivity contribution is 5.68. The number of hydrogen-bond donors (Lipinski definition) is 1. The predicted octanol–water partition coefficient (Wildman–Crippen LogP) is 3.01. The van der Waals surface area contributed by atoms with Crippen molar-refractivity contribution in [2.24, 2.45) is 0 Å². The number of nitrogens with zero attached hydrogens (tertiary/aromatic N) is 3. The van der Waals surface area contributed by atoms with Crippen LogP contribution in [0.3, 0.4) is 0 Å². The first-order valence-electron chi connectivity index (χ1n) is 9.34. The highest BCUT2D eigenvalue weighted by atomic mass is 16.6. The maximum Gasteiger partial charge on any atom is 0.410 e. The van der Waals surface area contributed by atoms with E-state index in [1.54, 1.807) is 11.1 Å². The molecule has 0 aliphatic carbocycles. The van der Waals surface area contributed by atoms with Crippen LogP contribution >= 0.6 is 0 Å². The summed E-state index contributed by atoms with van der Waals surface area (Å²) in [6, 6.07) is 9.87. The van der Waals surface area contributed by atoms with Crippen LogP contribution in [0.4, 0.5) is 4.79 Å². The molecule has 1 aliphatic heterocycles. The number of ether oxygens (including phenoxy) is 2. The Kier molecular flexibility index (Phi) is 6.01. The lowest BCUT2D eigenvalue weighted by Gasteiger charge is -2.35. The minimum absolute atomic E-state index is 0.230. The van der Waals surface area contributed by atoms with Crippen molar-refractivity contribution < 1.29 is 14.3 Å². The van der Waals surface area contributed by atoms with Gasteiger partial charge in [0.15, 0.2) is 0 Å². The summed E-state index contributed by atoms with van der Waals surface area (Å²) in [4.78, 5) is 16.2. The second-order valence-corrected chi connectivity index (χ2v) is 7.62. The van der Waals surface area contributed by atoms with Gasteiger partial charge in [-0.05, 0) is 39.0 Å². The van der Waals surface area contributed by atoms with Gasteiger partial charge in [-0.25, -0.2) is 4.79 Å². The molecular formula is C20H28N4O3. The van der Waals surface area contributed by atoms with Gasteiger partial charge in [-0.1, -0.05) is 12.1 Å². The van der Waals surface area contributed by atoms with Crippen molar-refractivity contribution in [1.29, 1.82) is 0 Å². The van der Waals surface area contributed by atoms with E-state index in [-0.39, 0.29) is 6.09 Å². The van der Waals surface area contributed by atoms with Crippen LogP contribution in [0.15, 0.2) is 36.5 Å². The monoisotopic (exact) mass is 372 g/mol. The van der Waals surface area contributed by atoms with Crippen molar-refractivity contribution in [2.45, 2.75) is 26.4 Å². The lowest BCUT2D eigenvalue weighted by atomic mass is 10.1. The van der Waals surface area contributed by atoms with Crippen molar-refractivity contribution in [3.8, 4) is 17.0 Å². The maximum absolute atomic E-state index is 12.1. The zero-order chi connectivity index (χ0) is 19.3. The Hall–Kier alpha value is -2.54. The predicted molar refractivity (Wildman–Crippen MR) is 104 cm³/mol. The normalized spacial score (nSPS) is 15.6. The molecule has 0 bridgehead atoms. The van der Waals surface area contributed by atoms with Crippen LogP contribution in [0.5, 0.6) is 5.75 Å². The second kappa shape index (κ2) is 8.43. The number of nitrogens with one attached hydrogen (secondary N) is 1. The fraction of sp³-hybridized carbons (Fsp3) is 0.500. The van der Waals surface area contributed by atoms with E-state index in [9.17, 15) is 4.79 Å². The molecule has 7 heteroatoms. The van der Waals surface area contributed by atoms with Crippen LogP contribution in [0.2, 0.25) is 0 Å². The highest BCUT2D eigenvalue weighted by Gasteiger charge is 2.25. The van der Waals surface area contributed by atoms with Gasteiger partial charge in [0.2, 0.25) is 0 Å². The third-order valence-electron chi connectivity index (χ3n) is 4.37. The molecule has 0 radical (unpaired) electrons. The number of amides is 1. The summed E-state index contributed by atoms with van der Waals surface area (Å²) in [7, 11) is 0. The summed E-state index contributed by atoms with van der Waals surface area (Å²) in [5, 5.41) is 6.98. The number of benzene rings is 1. The molecule has 1 aliphatic rings. The summed E-state index contributed by atoms with van der Waals surface area (Å²) >= 11 is 0. The Bertz CT molecular complexity index is 732. The van der Waals surface area contributed by atoms with Gasteiger partial charge in [-0.2, -0.15) is 5.10 Å². The number of rotatable bonds is 5. The first-order chi connectivity index (χ1) is 12.9. The molecule has 7 nitrogen and oxygen atoms in total. The van der Waals surface area contributed by atoms with E-state index in [0.717, 1.165) is 36.6 Å². The molecule has 27 heavy (non-hydrogen) atoms. The fourth-order valence-corrected chi connectivity index (χ4v) is 2.99. The van der Waals surface area contributed by atoms with Crippen molar-refractivity contribution in [3.05, 3.63) is 36.5 Å². The Balaban J connectivity index is 1.45. The van der Waals surface area contributed by atoms with E-state index >= 15 is 0 Å². The molecular weight excluding hydrogens is 344 g/mol. The molecule has 1 fully saturated rings. The van der Waals surface area contributed by atoms with Crippen LogP contribution in [0.25, 0.3) is 11.3 Å². The van der Waals surface area contributed by atoms with Crippen molar-refractivity contribution >= 4 is 6.09 Å². The van der Waals surface area contributed by atoms with Crippen LogP contribution in [0, 0.1) is 0 Å². The number of aromatic amines is 1. The molecule has 0 unspecified atom stereocenters. The Morgan fingerprint density at radius 2 is 1.89 bits per heavy atom. The smallest absolute Gasteiger partial charge is 0.410 e. The maximum atomic E-state index is 12.1. The molecule has 0 spiro atoms. The van der Waals surface area contributed by atoms with Gasteiger partial charge in [0.25, 0.3) is 0 Å². The van der Waals surface area contributed by atoms with Gasteiger partial charge in [0.05, 0.1) is 5.69 Å². The SMILES string of the molecule is CC(C)(C)OC(=O)N1CCN(CCOc2ccccc2-c2ccn[nH]2)CC1. The first kappa shape index (κ1) is 19.2. The van der Waals surface area contributed by atoms with E-state index in [1.165, 1.54) is 0 Å². The molecule has 2 heterocycles. The van der Waals surface area contributed by atoms with Gasteiger partial charge in [-0.15, -0.1) is 0 Å². The third kappa shape index (κ3) is 5.47. The van der Waals surface area contributed by atoms with Gasteiger partial charge in [-0.3, -0.25) is 10.00 Å². The number of carbonyl (C=O) groups is 1. The molecule has 0 atom stereocenters. The molecule has 1 aromatic heterocycles. The average molecular weight is 372 g/mol. The summed E-state index contributed by atoms with van der Waals surface area (Å²) in [5.74, 6) is 0.842. The zero-order valence-electron chi connectivity index (χ0n) is 16.3. The van der Waals surface area contributed by atoms with Gasteiger partial charge >= 0.3 is 6.09 Å². The molecule has 1 aromatic carbocycles. The van der Waals surface area contributed by atoms with Gasteiger partial charge in [0, 0.05) is 44.5 Å². The number of H-pyrrole nitrogens is 1. The number of carbonyl (C=O) groups excluding carboxylic acids is 1. The molecule has 1 saturated heterocycles. The molecule has 0 saturated carbocycles. The minimum atomic E-state index is -0.454. The quantitative estimate of drug-likeness (QED) is 0.874. The molecule has 2 aromatic rings. The van der Waals surface area contributed by atoms with Gasteiger partial charge in [0.1, 0.15) is 18.0 Å². The number of para-hydroxylation sites is 1. The first-order valence-corrected chi connectivity index (χ1v) is 9.34. The second-order valence-electron chi connectivity index (χ2n) is 7.62. The zero-order valence-corrected chi connectivity index (χ0v) is 16.3. The van der Waals surface area contributed by atoms with E-state index in [2.05, 4.69) is 15.1 Å². The summed E-state index contributed by atoms with van der Waals surface area (Å²) < 4.78 is 11.4. The van der Waals surface area contributed by atoms with E-state index in [1.807, 2.05) is 51.1 Å². The van der Waals surface area contributed by atoms with Crippen LogP contribution in [-0.4, -0.2) is 71.0 Å². The van der Waals surface area contributed by atoms with Crippen molar-refractivity contribution in [2.75, 3.05) is 39.3 Å². The van der Waals surface area contributed by atoms with E-state index in [4.69, 9.17) is 9.47 Å². The lowest BCUT2D eigenvalue weighted by Crippen LogP contribution is -2.50. The topological polar surface area (TPSA) is 70.7 Å². The molecule has 146 valence electrons. The van der Waals surface area contributed by atoms with E-state index < -0.39 is 5.60 Å². The molecule has 1 amide bonds. The van der Waals surface area contributed by atoms with Gasteiger partial charge < -0.3 is 14.4 Å². The highest BCUT2D eigenvalue weighted by Crippen LogP contribution is 2.27. The van der Waals surface area contributed by atoms with E-state index in [0.29, 0.717) is 19.7 Å². The average Bonchev–Trinajstić information content (AvgIpc) is 3.16. The number of hydrogen-bond acceptors (Lipinski definition) is 5. The lowest BCUT2D eigenvalue weighted by molar-refractivity contribution is 0.0137. The van der Waals surface area contributed by atoms with Crippen LogP contribution in [0.1, 0.15) is 20.8 Å².